The lowest BCUT2D eigenvalue weighted by atomic mass is 9.81. The number of Topliss-reactive ketones (excluding diaryl/α,β-unsaturated/α-hetero) is 1. The number of ether oxygens (including phenoxy) is 2. The molecule has 1 unspecified atom stereocenters. The van der Waals surface area contributed by atoms with Gasteiger partial charge in [0.25, 0.3) is 11.7 Å². The van der Waals surface area contributed by atoms with Crippen molar-refractivity contribution in [2.24, 2.45) is 5.92 Å². The first-order valence-corrected chi connectivity index (χ1v) is 15.5. The second-order valence-electron chi connectivity index (χ2n) is 13.4. The molecule has 40 heavy (non-hydrogen) atoms. The van der Waals surface area contributed by atoms with Gasteiger partial charge < -0.3 is 19.3 Å². The van der Waals surface area contributed by atoms with Crippen LogP contribution in [0.25, 0.3) is 0 Å². The molecule has 216 valence electrons. The molecule has 0 spiro atoms. The SMILES string of the molecule is CC1=CC(C)=C(CN2CCc3c(c(C)c4c(c3C3CCCC3)OC(C)(C3CCC(N(C)C)CC3)O4)C2=O)C(=O)C1. The molecule has 5 aliphatic rings. The van der Waals surface area contributed by atoms with E-state index in [1.807, 2.05) is 25.7 Å². The average molecular weight is 547 g/mol. The van der Waals surface area contributed by atoms with Crippen LogP contribution in [0.1, 0.15) is 112 Å². The molecule has 2 heterocycles. The maximum absolute atomic E-state index is 14.2. The van der Waals surface area contributed by atoms with Crippen LogP contribution in [0.5, 0.6) is 11.5 Å². The fourth-order valence-corrected chi connectivity index (χ4v) is 8.18. The molecule has 0 radical (unpaired) electrons. The summed E-state index contributed by atoms with van der Waals surface area (Å²) < 4.78 is 13.8. The fourth-order valence-electron chi connectivity index (χ4n) is 8.18. The van der Waals surface area contributed by atoms with Crippen molar-refractivity contribution in [1.29, 1.82) is 0 Å². The molecule has 6 heteroatoms. The van der Waals surface area contributed by atoms with Crippen molar-refractivity contribution in [3.05, 3.63) is 45.0 Å². The molecule has 6 nitrogen and oxygen atoms in total. The van der Waals surface area contributed by atoms with Crippen LogP contribution >= 0.6 is 0 Å². The van der Waals surface area contributed by atoms with Gasteiger partial charge in [-0.1, -0.05) is 24.5 Å². The molecule has 0 N–H and O–H groups in total. The summed E-state index contributed by atoms with van der Waals surface area (Å²) in [7, 11) is 4.35. The molecule has 6 rings (SSSR count). The number of allylic oxidation sites excluding steroid dienone is 3. The van der Waals surface area contributed by atoms with Gasteiger partial charge >= 0.3 is 0 Å². The van der Waals surface area contributed by atoms with Gasteiger partial charge in [0, 0.05) is 60.7 Å². The predicted octanol–water partition coefficient (Wildman–Crippen LogP) is 6.49. The Hall–Kier alpha value is -2.60. The number of amides is 1. The van der Waals surface area contributed by atoms with Gasteiger partial charge in [-0.05, 0) is 96.9 Å². The first-order chi connectivity index (χ1) is 19.1. The fraction of sp³-hybridized carbons (Fsp3) is 0.647. The van der Waals surface area contributed by atoms with Crippen LogP contribution in [0.3, 0.4) is 0 Å². The summed E-state index contributed by atoms with van der Waals surface area (Å²) in [4.78, 5) is 31.3. The van der Waals surface area contributed by atoms with E-state index < -0.39 is 5.79 Å². The van der Waals surface area contributed by atoms with Gasteiger partial charge in [0.05, 0.1) is 0 Å². The van der Waals surface area contributed by atoms with Crippen LogP contribution in [-0.4, -0.2) is 60.5 Å². The van der Waals surface area contributed by atoms with E-state index in [2.05, 4.69) is 32.0 Å². The van der Waals surface area contributed by atoms with Gasteiger partial charge in [-0.3, -0.25) is 9.59 Å². The van der Waals surface area contributed by atoms with Crippen molar-refractivity contribution < 1.29 is 19.1 Å². The minimum absolute atomic E-state index is 0.0314. The van der Waals surface area contributed by atoms with Crippen molar-refractivity contribution in [2.45, 2.75) is 110 Å². The highest BCUT2D eigenvalue weighted by atomic mass is 16.7. The molecular weight excluding hydrogens is 500 g/mol. The van der Waals surface area contributed by atoms with Gasteiger partial charge in [-0.25, -0.2) is 0 Å². The minimum Gasteiger partial charge on any atom is -0.448 e. The standard InChI is InChI=1S/C34H46N2O4/c1-20-17-21(2)27(28(37)18-20)19-36-16-15-26-29(33(36)38)22(3)31-32(30(26)23-9-7-8-10-23)40-34(4,39-31)24-11-13-25(14-12-24)35(5)6/h17,23-25H,7-16,18-19H2,1-6H3. The summed E-state index contributed by atoms with van der Waals surface area (Å²) in [5.41, 5.74) is 6.97. The first-order valence-electron chi connectivity index (χ1n) is 15.5. The van der Waals surface area contributed by atoms with E-state index in [9.17, 15) is 9.59 Å². The van der Waals surface area contributed by atoms with E-state index in [4.69, 9.17) is 9.47 Å². The lowest BCUT2D eigenvalue weighted by Crippen LogP contribution is -2.46. The summed E-state index contributed by atoms with van der Waals surface area (Å²) in [6.07, 6.45) is 12.5. The predicted molar refractivity (Wildman–Crippen MR) is 157 cm³/mol. The zero-order chi connectivity index (χ0) is 28.3. The maximum atomic E-state index is 14.2. The smallest absolute Gasteiger partial charge is 0.254 e. The molecule has 0 aromatic heterocycles. The van der Waals surface area contributed by atoms with E-state index in [0.29, 0.717) is 37.4 Å². The number of ketones is 1. The Kier molecular flexibility index (Phi) is 7.13. The average Bonchev–Trinajstić information content (AvgIpc) is 3.56. The normalized spacial score (nSPS) is 29.0. The van der Waals surface area contributed by atoms with Gasteiger partial charge in [0.2, 0.25) is 0 Å². The van der Waals surface area contributed by atoms with Crippen molar-refractivity contribution in [1.82, 2.24) is 9.80 Å². The number of hydrogen-bond acceptors (Lipinski definition) is 5. The minimum atomic E-state index is -0.703. The van der Waals surface area contributed by atoms with Gasteiger partial charge in [0.15, 0.2) is 17.3 Å². The van der Waals surface area contributed by atoms with Gasteiger partial charge in [-0.2, -0.15) is 0 Å². The topological polar surface area (TPSA) is 59.1 Å². The lowest BCUT2D eigenvalue weighted by molar-refractivity contribution is -0.123. The van der Waals surface area contributed by atoms with Crippen LogP contribution in [-0.2, 0) is 11.2 Å². The highest BCUT2D eigenvalue weighted by Crippen LogP contribution is 2.56. The molecule has 0 saturated heterocycles. The van der Waals surface area contributed by atoms with Crippen LogP contribution < -0.4 is 9.47 Å². The largest absolute Gasteiger partial charge is 0.448 e. The molecule has 0 bridgehead atoms. The van der Waals surface area contributed by atoms with Crippen molar-refractivity contribution >= 4 is 11.7 Å². The quantitative estimate of drug-likeness (QED) is 0.422. The second kappa shape index (κ2) is 10.3. The van der Waals surface area contributed by atoms with Crippen LogP contribution in [0, 0.1) is 12.8 Å². The monoisotopic (exact) mass is 546 g/mol. The zero-order valence-electron chi connectivity index (χ0n) is 25.3. The number of carbonyl (C=O) groups is 2. The Bertz CT molecular complexity index is 1290. The summed E-state index contributed by atoms with van der Waals surface area (Å²) >= 11 is 0. The third kappa shape index (κ3) is 4.60. The van der Waals surface area contributed by atoms with Crippen molar-refractivity contribution in [3.63, 3.8) is 0 Å². The Balaban J connectivity index is 1.35. The lowest BCUT2D eigenvalue weighted by Gasteiger charge is -2.39. The van der Waals surface area contributed by atoms with E-state index in [1.54, 1.807) is 0 Å². The van der Waals surface area contributed by atoms with Gasteiger partial charge in [0.1, 0.15) is 0 Å². The Morgan fingerprint density at radius 1 is 0.975 bits per heavy atom. The van der Waals surface area contributed by atoms with E-state index in [0.717, 1.165) is 84.3 Å². The first kappa shape index (κ1) is 27.6. The molecule has 2 saturated carbocycles. The zero-order valence-corrected chi connectivity index (χ0v) is 25.3. The molecule has 1 amide bonds. The van der Waals surface area contributed by atoms with Crippen LogP contribution in [0.2, 0.25) is 0 Å². The number of rotatable bonds is 5. The van der Waals surface area contributed by atoms with E-state index >= 15 is 0 Å². The highest BCUT2D eigenvalue weighted by Gasteiger charge is 2.49. The summed E-state index contributed by atoms with van der Waals surface area (Å²) in [6, 6.07) is 0.615. The Labute approximate surface area is 239 Å². The van der Waals surface area contributed by atoms with Crippen molar-refractivity contribution in [3.8, 4) is 11.5 Å². The molecular formula is C34H46N2O4. The number of fused-ring (bicyclic) bond motifs is 2. The Morgan fingerprint density at radius 2 is 1.65 bits per heavy atom. The molecule has 3 aliphatic carbocycles. The molecule has 2 fully saturated rings. The summed E-state index contributed by atoms with van der Waals surface area (Å²) in [5, 5.41) is 0. The number of carbonyl (C=O) groups excluding carboxylic acids is 2. The summed E-state index contributed by atoms with van der Waals surface area (Å²) in [6.45, 7) is 9.16. The molecule has 1 aromatic carbocycles. The Morgan fingerprint density at radius 3 is 2.30 bits per heavy atom. The third-order valence-corrected chi connectivity index (χ3v) is 10.5. The number of benzene rings is 1. The molecule has 1 atom stereocenters. The number of nitrogens with zero attached hydrogens (tertiary/aromatic N) is 2. The van der Waals surface area contributed by atoms with Gasteiger partial charge in [-0.15, -0.1) is 0 Å². The molecule has 2 aliphatic heterocycles. The van der Waals surface area contributed by atoms with Crippen molar-refractivity contribution in [2.75, 3.05) is 27.2 Å². The second-order valence-corrected chi connectivity index (χ2v) is 13.4. The maximum Gasteiger partial charge on any atom is 0.254 e. The van der Waals surface area contributed by atoms with Crippen LogP contribution in [0.15, 0.2) is 22.8 Å². The highest BCUT2D eigenvalue weighted by molar-refractivity contribution is 6.03. The van der Waals surface area contributed by atoms with Crippen LogP contribution in [0.4, 0.5) is 0 Å². The number of hydrogen-bond donors (Lipinski definition) is 0. The molecule has 1 aromatic rings. The summed E-state index contributed by atoms with van der Waals surface area (Å²) in [5.74, 6) is 1.91. The third-order valence-electron chi connectivity index (χ3n) is 10.5. The van der Waals surface area contributed by atoms with E-state index in [1.165, 1.54) is 24.0 Å². The van der Waals surface area contributed by atoms with E-state index in [-0.39, 0.29) is 11.7 Å².